The van der Waals surface area contributed by atoms with Crippen molar-refractivity contribution in [1.29, 1.82) is 0 Å². The van der Waals surface area contributed by atoms with Crippen LogP contribution in [0.5, 0.6) is 0 Å². The summed E-state index contributed by atoms with van der Waals surface area (Å²) in [5.74, 6) is -0.0345. The number of nitrogens with two attached hydrogens (primary N) is 2. The summed E-state index contributed by atoms with van der Waals surface area (Å²) >= 11 is 0. The van der Waals surface area contributed by atoms with Gasteiger partial charge in [-0.15, -0.1) is 0 Å². The molecular formula is C29H33N5O3. The average molecular weight is 500 g/mol. The Morgan fingerprint density at radius 1 is 1.03 bits per heavy atom. The van der Waals surface area contributed by atoms with Gasteiger partial charge in [-0.05, 0) is 59.7 Å². The number of hydrogen-bond acceptors (Lipinski definition) is 5. The van der Waals surface area contributed by atoms with Gasteiger partial charge in [-0.1, -0.05) is 32.0 Å². The van der Waals surface area contributed by atoms with E-state index in [1.54, 1.807) is 12.3 Å². The number of aromatic nitrogens is 1. The van der Waals surface area contributed by atoms with Crippen LogP contribution >= 0.6 is 0 Å². The lowest BCUT2D eigenvalue weighted by atomic mass is 9.99. The first-order valence-electron chi connectivity index (χ1n) is 12.7. The van der Waals surface area contributed by atoms with E-state index in [0.717, 1.165) is 34.9 Å². The van der Waals surface area contributed by atoms with Crippen molar-refractivity contribution in [2.45, 2.75) is 46.1 Å². The standard InChI is InChI=1S/C29H33N5O3/c1-3-11-33(12-4-2)28(36)23-16-22-6-5-20(17-25(22)32-26(30)18-23)19-7-8-24-21(15-19)9-13-34(29(24)37)14-10-27(31)35/h5-9,13,15-17H,3-4,10-12,14,18H2,1-2H3,(H2,30,32)(H2,31,35). The molecule has 0 saturated carbocycles. The second-order valence-electron chi connectivity index (χ2n) is 9.35. The molecule has 192 valence electrons. The lowest BCUT2D eigenvalue weighted by Crippen LogP contribution is -2.34. The number of carbonyl (C=O) groups excluding carboxylic acids is 2. The van der Waals surface area contributed by atoms with Gasteiger partial charge in [0.25, 0.3) is 5.56 Å². The molecule has 1 aliphatic rings. The van der Waals surface area contributed by atoms with Crippen LogP contribution in [-0.2, 0) is 16.1 Å². The van der Waals surface area contributed by atoms with Crippen molar-refractivity contribution in [2.75, 3.05) is 13.1 Å². The Kier molecular flexibility index (Phi) is 7.86. The molecule has 0 bridgehead atoms. The molecule has 37 heavy (non-hydrogen) atoms. The number of amidine groups is 1. The van der Waals surface area contributed by atoms with E-state index in [9.17, 15) is 14.4 Å². The van der Waals surface area contributed by atoms with Gasteiger partial charge in [0.05, 0.1) is 5.69 Å². The Labute approximate surface area is 216 Å². The fraction of sp³-hybridized carbons (Fsp3) is 0.310. The van der Waals surface area contributed by atoms with Crippen LogP contribution in [0.15, 0.2) is 64.0 Å². The largest absolute Gasteiger partial charge is 0.387 e. The molecule has 0 atom stereocenters. The Balaban J connectivity index is 1.67. The Morgan fingerprint density at radius 3 is 2.43 bits per heavy atom. The molecule has 2 amide bonds. The molecule has 0 radical (unpaired) electrons. The molecular weight excluding hydrogens is 466 g/mol. The first kappa shape index (κ1) is 25.9. The van der Waals surface area contributed by atoms with Gasteiger partial charge in [-0.25, -0.2) is 4.99 Å². The van der Waals surface area contributed by atoms with Crippen molar-refractivity contribution in [3.63, 3.8) is 0 Å². The maximum Gasteiger partial charge on any atom is 0.258 e. The monoisotopic (exact) mass is 499 g/mol. The number of pyridine rings is 1. The summed E-state index contributed by atoms with van der Waals surface area (Å²) in [7, 11) is 0. The minimum atomic E-state index is -0.445. The van der Waals surface area contributed by atoms with Gasteiger partial charge in [0.1, 0.15) is 5.84 Å². The molecule has 3 aromatic rings. The van der Waals surface area contributed by atoms with Crippen molar-refractivity contribution in [3.05, 3.63) is 70.2 Å². The van der Waals surface area contributed by atoms with Crippen LogP contribution in [0.4, 0.5) is 5.69 Å². The molecule has 0 aliphatic carbocycles. The summed E-state index contributed by atoms with van der Waals surface area (Å²) in [6, 6.07) is 13.4. The van der Waals surface area contributed by atoms with Gasteiger partial charge in [0.2, 0.25) is 11.8 Å². The van der Waals surface area contributed by atoms with Gasteiger partial charge in [-0.3, -0.25) is 14.4 Å². The third kappa shape index (κ3) is 5.80. The second-order valence-corrected chi connectivity index (χ2v) is 9.35. The zero-order chi connectivity index (χ0) is 26.5. The molecule has 1 aromatic heterocycles. The number of aliphatic imine (C=N–C) groups is 1. The summed E-state index contributed by atoms with van der Waals surface area (Å²) in [5.41, 5.74) is 15.4. The smallest absolute Gasteiger partial charge is 0.258 e. The number of rotatable bonds is 9. The fourth-order valence-corrected chi connectivity index (χ4v) is 4.64. The van der Waals surface area contributed by atoms with E-state index < -0.39 is 5.91 Å². The van der Waals surface area contributed by atoms with Crippen LogP contribution in [0.1, 0.15) is 45.1 Å². The topological polar surface area (TPSA) is 124 Å². The SMILES string of the molecule is CCCN(CCC)C(=O)C1=Cc2ccc(-c3ccc4c(=O)n(CCC(N)=O)ccc4c3)cc2N=C(N)C1. The van der Waals surface area contributed by atoms with E-state index in [-0.39, 0.29) is 24.4 Å². The number of nitrogens with zero attached hydrogens (tertiary/aromatic N) is 3. The van der Waals surface area contributed by atoms with Gasteiger partial charge in [-0.2, -0.15) is 0 Å². The van der Waals surface area contributed by atoms with E-state index in [2.05, 4.69) is 18.8 Å². The van der Waals surface area contributed by atoms with Gasteiger partial charge < -0.3 is 20.9 Å². The number of aryl methyl sites for hydroxylation is 1. The molecule has 8 nitrogen and oxygen atoms in total. The number of amides is 2. The van der Waals surface area contributed by atoms with Crippen LogP contribution in [-0.4, -0.2) is 40.2 Å². The molecule has 8 heteroatoms. The third-order valence-corrected chi connectivity index (χ3v) is 6.45. The maximum absolute atomic E-state index is 13.2. The quantitative estimate of drug-likeness (QED) is 0.462. The van der Waals surface area contributed by atoms with E-state index in [4.69, 9.17) is 11.5 Å². The van der Waals surface area contributed by atoms with Crippen LogP contribution < -0.4 is 17.0 Å². The van der Waals surface area contributed by atoms with Crippen molar-refractivity contribution in [3.8, 4) is 11.1 Å². The summed E-state index contributed by atoms with van der Waals surface area (Å²) in [4.78, 5) is 43.6. The van der Waals surface area contributed by atoms with Crippen molar-refractivity contribution < 1.29 is 9.59 Å². The Bertz CT molecular complexity index is 1460. The third-order valence-electron chi connectivity index (χ3n) is 6.45. The molecule has 0 spiro atoms. The zero-order valence-corrected chi connectivity index (χ0v) is 21.4. The molecule has 4 rings (SSSR count). The van der Waals surface area contributed by atoms with Crippen LogP contribution in [0, 0.1) is 0 Å². The molecule has 2 heterocycles. The number of benzene rings is 2. The van der Waals surface area contributed by atoms with Crippen molar-refractivity contribution in [1.82, 2.24) is 9.47 Å². The summed E-state index contributed by atoms with van der Waals surface area (Å²) in [5, 5.41) is 1.37. The van der Waals surface area contributed by atoms with Gasteiger partial charge in [0.15, 0.2) is 0 Å². The number of hydrogen-bond donors (Lipinski definition) is 2. The highest BCUT2D eigenvalue weighted by Gasteiger charge is 2.21. The van der Waals surface area contributed by atoms with E-state index >= 15 is 0 Å². The van der Waals surface area contributed by atoms with Crippen molar-refractivity contribution >= 4 is 40.2 Å². The summed E-state index contributed by atoms with van der Waals surface area (Å²) in [6.07, 6.45) is 5.80. The minimum absolute atomic E-state index is 0.00907. The molecule has 2 aromatic carbocycles. The van der Waals surface area contributed by atoms with E-state index in [1.165, 1.54) is 4.57 Å². The molecule has 4 N–H and O–H groups in total. The maximum atomic E-state index is 13.2. The number of primary amides is 1. The molecule has 0 saturated heterocycles. The Morgan fingerprint density at radius 2 is 1.73 bits per heavy atom. The Hall–Kier alpha value is -4.20. The highest BCUT2D eigenvalue weighted by atomic mass is 16.2. The lowest BCUT2D eigenvalue weighted by Gasteiger charge is -2.22. The van der Waals surface area contributed by atoms with Crippen LogP contribution in [0.25, 0.3) is 28.0 Å². The number of fused-ring (bicyclic) bond motifs is 2. The predicted molar refractivity (Wildman–Crippen MR) is 148 cm³/mol. The normalized spacial score (nSPS) is 12.9. The van der Waals surface area contributed by atoms with Gasteiger partial charge in [0, 0.05) is 55.2 Å². The molecule has 0 unspecified atom stereocenters. The van der Waals surface area contributed by atoms with Crippen molar-refractivity contribution in [2.24, 2.45) is 16.5 Å². The minimum Gasteiger partial charge on any atom is -0.387 e. The number of carbonyl (C=O) groups is 2. The molecule has 0 fully saturated rings. The highest BCUT2D eigenvalue weighted by Crippen LogP contribution is 2.33. The zero-order valence-electron chi connectivity index (χ0n) is 21.4. The average Bonchev–Trinajstić information content (AvgIpc) is 3.04. The van der Waals surface area contributed by atoms with Crippen LogP contribution in [0.2, 0.25) is 0 Å². The van der Waals surface area contributed by atoms with Gasteiger partial charge >= 0.3 is 0 Å². The predicted octanol–water partition coefficient (Wildman–Crippen LogP) is 3.97. The fourth-order valence-electron chi connectivity index (χ4n) is 4.64. The summed E-state index contributed by atoms with van der Waals surface area (Å²) < 4.78 is 1.50. The first-order valence-corrected chi connectivity index (χ1v) is 12.7. The second kappa shape index (κ2) is 11.2. The summed E-state index contributed by atoms with van der Waals surface area (Å²) in [6.45, 7) is 5.81. The van der Waals surface area contributed by atoms with E-state index in [1.807, 2.05) is 47.4 Å². The van der Waals surface area contributed by atoms with E-state index in [0.29, 0.717) is 42.0 Å². The highest BCUT2D eigenvalue weighted by molar-refractivity contribution is 6.05. The van der Waals surface area contributed by atoms with Crippen LogP contribution in [0.3, 0.4) is 0 Å². The first-order chi connectivity index (χ1) is 17.8. The molecule has 1 aliphatic heterocycles. The lowest BCUT2D eigenvalue weighted by molar-refractivity contribution is -0.127.